The Hall–Kier alpha value is -1.19. The molecule has 1 heterocycles. The largest absolute Gasteiger partial charge is 0.316 e. The van der Waals surface area contributed by atoms with Gasteiger partial charge in [-0.3, -0.25) is 4.98 Å². The molecule has 2 aromatic rings. The van der Waals surface area contributed by atoms with Crippen molar-refractivity contribution >= 4 is 11.3 Å². The number of rotatable bonds is 8. The van der Waals surface area contributed by atoms with Crippen LogP contribution in [0.5, 0.6) is 0 Å². The fraction of sp³-hybridized carbons (Fsp3) is 0.438. The summed E-state index contributed by atoms with van der Waals surface area (Å²) in [6.07, 6.45) is 5.49. The Morgan fingerprint density at radius 2 is 2.11 bits per heavy atom. The van der Waals surface area contributed by atoms with Crippen molar-refractivity contribution in [3.8, 4) is 0 Å². The molecule has 0 fully saturated rings. The Balaban J connectivity index is 1.93. The fourth-order valence-electron chi connectivity index (χ4n) is 2.25. The van der Waals surface area contributed by atoms with E-state index < -0.39 is 0 Å². The van der Waals surface area contributed by atoms with Crippen molar-refractivity contribution < 1.29 is 0 Å². The monoisotopic (exact) mass is 274 g/mol. The maximum absolute atomic E-state index is 4.15. The first-order valence-corrected chi connectivity index (χ1v) is 7.91. The van der Waals surface area contributed by atoms with Gasteiger partial charge in [0.25, 0.3) is 0 Å². The summed E-state index contributed by atoms with van der Waals surface area (Å²) in [6.45, 7) is 4.38. The average Bonchev–Trinajstić information content (AvgIpc) is 2.97. The van der Waals surface area contributed by atoms with Crippen LogP contribution in [0.1, 0.15) is 36.1 Å². The second-order valence-electron chi connectivity index (χ2n) is 4.82. The van der Waals surface area contributed by atoms with Gasteiger partial charge in [0.05, 0.1) is 5.51 Å². The van der Waals surface area contributed by atoms with E-state index in [1.807, 2.05) is 11.7 Å². The van der Waals surface area contributed by atoms with Crippen LogP contribution < -0.4 is 5.32 Å². The topological polar surface area (TPSA) is 24.9 Å². The summed E-state index contributed by atoms with van der Waals surface area (Å²) in [4.78, 5) is 5.54. The highest BCUT2D eigenvalue weighted by Gasteiger charge is 2.11. The van der Waals surface area contributed by atoms with Crippen LogP contribution in [0, 0.1) is 0 Å². The molecular formula is C16H22N2S. The van der Waals surface area contributed by atoms with Crippen molar-refractivity contribution in [2.24, 2.45) is 0 Å². The van der Waals surface area contributed by atoms with E-state index in [2.05, 4.69) is 47.6 Å². The number of thiazole rings is 1. The molecule has 1 aromatic heterocycles. The third-order valence-corrected chi connectivity index (χ3v) is 4.15. The predicted molar refractivity (Wildman–Crippen MR) is 82.8 cm³/mol. The quantitative estimate of drug-likeness (QED) is 0.739. The molecule has 1 N–H and O–H groups in total. The first-order chi connectivity index (χ1) is 9.40. The van der Waals surface area contributed by atoms with Crippen molar-refractivity contribution in [2.75, 3.05) is 13.1 Å². The summed E-state index contributed by atoms with van der Waals surface area (Å²) < 4.78 is 0. The summed E-state index contributed by atoms with van der Waals surface area (Å²) in [5.74, 6) is 0.592. The van der Waals surface area contributed by atoms with E-state index in [9.17, 15) is 0 Å². The van der Waals surface area contributed by atoms with Crippen LogP contribution in [0.2, 0.25) is 0 Å². The Bertz CT molecular complexity index is 439. The van der Waals surface area contributed by atoms with E-state index >= 15 is 0 Å². The SMILES string of the molecule is CCCNCC(CCc1cncs1)c1ccccc1. The molecule has 0 aliphatic heterocycles. The lowest BCUT2D eigenvalue weighted by molar-refractivity contribution is 0.550. The fourth-order valence-corrected chi connectivity index (χ4v) is 2.86. The zero-order valence-electron chi connectivity index (χ0n) is 11.5. The highest BCUT2D eigenvalue weighted by atomic mass is 32.1. The van der Waals surface area contributed by atoms with E-state index in [0.717, 1.165) is 19.5 Å². The van der Waals surface area contributed by atoms with Crippen molar-refractivity contribution in [1.82, 2.24) is 10.3 Å². The van der Waals surface area contributed by atoms with E-state index in [4.69, 9.17) is 0 Å². The molecule has 1 unspecified atom stereocenters. The van der Waals surface area contributed by atoms with E-state index in [-0.39, 0.29) is 0 Å². The average molecular weight is 274 g/mol. The molecule has 102 valence electrons. The van der Waals surface area contributed by atoms with Gasteiger partial charge in [0.1, 0.15) is 0 Å². The van der Waals surface area contributed by atoms with Crippen LogP contribution in [-0.4, -0.2) is 18.1 Å². The van der Waals surface area contributed by atoms with Gasteiger partial charge in [-0.15, -0.1) is 11.3 Å². The van der Waals surface area contributed by atoms with E-state index in [0.29, 0.717) is 5.92 Å². The van der Waals surface area contributed by atoms with Crippen molar-refractivity contribution in [3.05, 3.63) is 52.5 Å². The lowest BCUT2D eigenvalue weighted by atomic mass is 9.94. The number of hydrogen-bond donors (Lipinski definition) is 1. The number of nitrogens with one attached hydrogen (secondary N) is 1. The van der Waals surface area contributed by atoms with E-state index in [1.165, 1.54) is 23.3 Å². The van der Waals surface area contributed by atoms with Crippen LogP contribution in [-0.2, 0) is 6.42 Å². The van der Waals surface area contributed by atoms with Gasteiger partial charge in [0.2, 0.25) is 0 Å². The third-order valence-electron chi connectivity index (χ3n) is 3.31. The maximum atomic E-state index is 4.15. The molecule has 19 heavy (non-hydrogen) atoms. The highest BCUT2D eigenvalue weighted by molar-refractivity contribution is 7.09. The Morgan fingerprint density at radius 1 is 1.26 bits per heavy atom. The Morgan fingerprint density at radius 3 is 2.79 bits per heavy atom. The molecule has 0 spiro atoms. The zero-order valence-corrected chi connectivity index (χ0v) is 12.3. The van der Waals surface area contributed by atoms with Gasteiger partial charge < -0.3 is 5.32 Å². The normalized spacial score (nSPS) is 12.5. The first kappa shape index (κ1) is 14.2. The van der Waals surface area contributed by atoms with Gasteiger partial charge in [-0.25, -0.2) is 0 Å². The molecule has 2 nitrogen and oxygen atoms in total. The van der Waals surface area contributed by atoms with Gasteiger partial charge in [-0.2, -0.15) is 0 Å². The minimum atomic E-state index is 0.592. The smallest absolute Gasteiger partial charge is 0.0794 e. The second kappa shape index (κ2) is 8.08. The van der Waals surface area contributed by atoms with Gasteiger partial charge in [0, 0.05) is 17.6 Å². The third kappa shape index (κ3) is 4.77. The summed E-state index contributed by atoms with van der Waals surface area (Å²) in [5, 5.41) is 3.55. The highest BCUT2D eigenvalue weighted by Crippen LogP contribution is 2.22. The Labute approximate surface area is 119 Å². The lowest BCUT2D eigenvalue weighted by Crippen LogP contribution is -2.22. The van der Waals surface area contributed by atoms with Crippen LogP contribution in [0.3, 0.4) is 0 Å². The number of benzene rings is 1. The standard InChI is InChI=1S/C16H22N2S/c1-2-10-17-11-15(14-6-4-3-5-7-14)8-9-16-12-18-13-19-16/h3-7,12-13,15,17H,2,8-11H2,1H3. The molecule has 0 saturated heterocycles. The molecule has 0 bridgehead atoms. The summed E-state index contributed by atoms with van der Waals surface area (Å²) in [5.41, 5.74) is 3.36. The number of hydrogen-bond acceptors (Lipinski definition) is 3. The van der Waals surface area contributed by atoms with Crippen LogP contribution >= 0.6 is 11.3 Å². The minimum Gasteiger partial charge on any atom is -0.316 e. The predicted octanol–water partition coefficient (Wildman–Crippen LogP) is 3.86. The second-order valence-corrected chi connectivity index (χ2v) is 5.79. The van der Waals surface area contributed by atoms with E-state index in [1.54, 1.807) is 11.3 Å². The molecular weight excluding hydrogens is 252 g/mol. The number of aromatic nitrogens is 1. The summed E-state index contributed by atoms with van der Waals surface area (Å²) >= 11 is 1.76. The molecule has 0 aliphatic rings. The van der Waals surface area contributed by atoms with Gasteiger partial charge >= 0.3 is 0 Å². The molecule has 0 saturated carbocycles. The molecule has 0 aliphatic carbocycles. The molecule has 2 rings (SSSR count). The van der Waals surface area contributed by atoms with Gasteiger partial charge in [-0.05, 0) is 37.3 Å². The Kier molecular flexibility index (Phi) is 6.05. The van der Waals surface area contributed by atoms with Crippen LogP contribution in [0.15, 0.2) is 42.0 Å². The van der Waals surface area contributed by atoms with Gasteiger partial charge in [0.15, 0.2) is 0 Å². The summed E-state index contributed by atoms with van der Waals surface area (Å²) in [6, 6.07) is 10.8. The first-order valence-electron chi connectivity index (χ1n) is 7.03. The van der Waals surface area contributed by atoms with Crippen LogP contribution in [0.4, 0.5) is 0 Å². The molecule has 1 aromatic carbocycles. The molecule has 0 amide bonds. The number of aryl methyl sites for hydroxylation is 1. The molecule has 1 atom stereocenters. The zero-order chi connectivity index (χ0) is 13.3. The maximum Gasteiger partial charge on any atom is 0.0794 e. The minimum absolute atomic E-state index is 0.592. The lowest BCUT2D eigenvalue weighted by Gasteiger charge is -2.17. The van der Waals surface area contributed by atoms with Gasteiger partial charge in [-0.1, -0.05) is 37.3 Å². The molecule has 0 radical (unpaired) electrons. The number of nitrogens with zero attached hydrogens (tertiary/aromatic N) is 1. The van der Waals surface area contributed by atoms with Crippen LogP contribution in [0.25, 0.3) is 0 Å². The van der Waals surface area contributed by atoms with Crippen molar-refractivity contribution in [2.45, 2.75) is 32.1 Å². The van der Waals surface area contributed by atoms with Crippen molar-refractivity contribution in [3.63, 3.8) is 0 Å². The molecule has 3 heteroatoms. The van der Waals surface area contributed by atoms with Crippen molar-refractivity contribution in [1.29, 1.82) is 0 Å². The summed E-state index contributed by atoms with van der Waals surface area (Å²) in [7, 11) is 0.